The highest BCUT2D eigenvalue weighted by atomic mass is 16.5. The molecule has 0 spiro atoms. The fourth-order valence-electron chi connectivity index (χ4n) is 2.68. The third-order valence-electron chi connectivity index (χ3n) is 3.78. The van der Waals surface area contributed by atoms with Crippen molar-refractivity contribution in [1.82, 2.24) is 5.32 Å². The summed E-state index contributed by atoms with van der Waals surface area (Å²) in [5, 5.41) is 14.5. The molecule has 1 saturated heterocycles. The molecule has 4 nitrogen and oxygen atoms in total. The average Bonchev–Trinajstić information content (AvgIpc) is 2.46. The van der Waals surface area contributed by atoms with Crippen molar-refractivity contribution in [2.75, 3.05) is 6.54 Å². The fourth-order valence-corrected chi connectivity index (χ4v) is 2.68. The van der Waals surface area contributed by atoms with E-state index in [1.165, 1.54) is 10.8 Å². The highest BCUT2D eigenvalue weighted by Crippen LogP contribution is 2.26. The second kappa shape index (κ2) is 5.23. The van der Waals surface area contributed by atoms with Crippen LogP contribution in [0.25, 0.3) is 10.8 Å². The van der Waals surface area contributed by atoms with Crippen LogP contribution in [0.15, 0.2) is 42.5 Å². The van der Waals surface area contributed by atoms with Gasteiger partial charge in [0.25, 0.3) is 0 Å². The van der Waals surface area contributed by atoms with Gasteiger partial charge in [-0.15, -0.1) is 0 Å². The first kappa shape index (κ1) is 13.1. The molecule has 3 atom stereocenters. The largest absolute Gasteiger partial charge is 0.480 e. The third-order valence-corrected chi connectivity index (χ3v) is 3.78. The smallest absolute Gasteiger partial charge is 0.323 e. The predicted octanol–water partition coefficient (Wildman–Crippen LogP) is 2.34. The first-order valence-corrected chi connectivity index (χ1v) is 6.75. The lowest BCUT2D eigenvalue weighted by Gasteiger charge is -2.33. The maximum atomic E-state index is 11.0. The van der Waals surface area contributed by atoms with Gasteiger partial charge in [0.05, 0.1) is 12.2 Å². The van der Waals surface area contributed by atoms with E-state index in [1.807, 2.05) is 18.2 Å². The number of benzene rings is 2. The number of ether oxygens (including phenoxy) is 1. The van der Waals surface area contributed by atoms with Crippen molar-refractivity contribution in [3.8, 4) is 0 Å². The monoisotopic (exact) mass is 271 g/mol. The lowest BCUT2D eigenvalue weighted by atomic mass is 10.0. The predicted molar refractivity (Wildman–Crippen MR) is 76.7 cm³/mol. The van der Waals surface area contributed by atoms with Gasteiger partial charge in [-0.3, -0.25) is 10.1 Å². The number of morpholine rings is 1. The van der Waals surface area contributed by atoms with E-state index in [4.69, 9.17) is 9.84 Å². The van der Waals surface area contributed by atoms with Crippen LogP contribution in [-0.4, -0.2) is 29.8 Å². The molecular weight excluding hydrogens is 254 g/mol. The average molecular weight is 271 g/mol. The minimum atomic E-state index is -0.866. The van der Waals surface area contributed by atoms with Crippen LogP contribution in [-0.2, 0) is 9.53 Å². The number of carboxylic acid groups (broad SMARTS) is 1. The first-order chi connectivity index (χ1) is 9.65. The quantitative estimate of drug-likeness (QED) is 0.880. The van der Waals surface area contributed by atoms with Crippen LogP contribution in [0.5, 0.6) is 0 Å². The molecule has 3 unspecified atom stereocenters. The number of rotatable bonds is 2. The molecule has 1 aliphatic heterocycles. The van der Waals surface area contributed by atoms with Crippen molar-refractivity contribution >= 4 is 16.7 Å². The Hall–Kier alpha value is -1.91. The van der Waals surface area contributed by atoms with Gasteiger partial charge in [0.2, 0.25) is 0 Å². The molecule has 1 heterocycles. The van der Waals surface area contributed by atoms with Crippen LogP contribution in [0.3, 0.4) is 0 Å². The second-order valence-electron chi connectivity index (χ2n) is 5.16. The molecule has 20 heavy (non-hydrogen) atoms. The number of hydrogen-bond donors (Lipinski definition) is 2. The van der Waals surface area contributed by atoms with Crippen LogP contribution in [0.4, 0.5) is 0 Å². The summed E-state index contributed by atoms with van der Waals surface area (Å²) in [6.07, 6.45) is -0.456. The molecule has 0 aromatic heterocycles. The molecule has 0 aliphatic carbocycles. The van der Waals surface area contributed by atoms with Crippen molar-refractivity contribution < 1.29 is 14.6 Å². The number of nitrogens with one attached hydrogen (secondary N) is 1. The first-order valence-electron chi connectivity index (χ1n) is 6.75. The van der Waals surface area contributed by atoms with E-state index in [1.54, 1.807) is 6.92 Å². The molecule has 3 rings (SSSR count). The molecule has 2 aromatic rings. The van der Waals surface area contributed by atoms with E-state index in [2.05, 4.69) is 29.6 Å². The zero-order chi connectivity index (χ0) is 14.1. The summed E-state index contributed by atoms with van der Waals surface area (Å²) in [6.45, 7) is 2.30. The summed E-state index contributed by atoms with van der Waals surface area (Å²) in [4.78, 5) is 11.0. The minimum absolute atomic E-state index is 0.106. The number of aliphatic carboxylic acids is 1. The summed E-state index contributed by atoms with van der Waals surface area (Å²) >= 11 is 0. The van der Waals surface area contributed by atoms with Crippen molar-refractivity contribution in [2.24, 2.45) is 0 Å². The van der Waals surface area contributed by atoms with Gasteiger partial charge in [0.1, 0.15) is 6.04 Å². The van der Waals surface area contributed by atoms with Crippen LogP contribution >= 0.6 is 0 Å². The Balaban J connectivity index is 1.83. The Kier molecular flexibility index (Phi) is 3.42. The zero-order valence-electron chi connectivity index (χ0n) is 11.2. The molecule has 104 valence electrons. The molecule has 1 fully saturated rings. The van der Waals surface area contributed by atoms with Crippen LogP contribution in [0, 0.1) is 0 Å². The molecule has 0 bridgehead atoms. The summed E-state index contributed by atoms with van der Waals surface area (Å²) < 4.78 is 5.85. The van der Waals surface area contributed by atoms with Gasteiger partial charge in [-0.05, 0) is 29.3 Å². The summed E-state index contributed by atoms with van der Waals surface area (Å²) in [6, 6.07) is 13.8. The van der Waals surface area contributed by atoms with Gasteiger partial charge >= 0.3 is 5.97 Å². The lowest BCUT2D eigenvalue weighted by molar-refractivity contribution is -0.149. The van der Waals surface area contributed by atoms with Gasteiger partial charge < -0.3 is 9.84 Å². The Morgan fingerprint density at radius 1 is 1.25 bits per heavy atom. The molecule has 1 aliphatic rings. The molecule has 4 heteroatoms. The van der Waals surface area contributed by atoms with E-state index < -0.39 is 12.0 Å². The third kappa shape index (κ3) is 2.40. The van der Waals surface area contributed by atoms with Crippen LogP contribution in [0.2, 0.25) is 0 Å². The van der Waals surface area contributed by atoms with Crippen molar-refractivity contribution in [2.45, 2.75) is 25.2 Å². The number of carbonyl (C=O) groups is 1. The Bertz CT molecular complexity index is 640. The van der Waals surface area contributed by atoms with Gasteiger partial charge in [-0.2, -0.15) is 0 Å². The number of fused-ring (bicyclic) bond motifs is 1. The van der Waals surface area contributed by atoms with Gasteiger partial charge in [0.15, 0.2) is 0 Å². The Morgan fingerprint density at radius 2 is 2.00 bits per heavy atom. The highest BCUT2D eigenvalue weighted by Gasteiger charge is 2.33. The lowest BCUT2D eigenvalue weighted by Crippen LogP contribution is -2.52. The molecular formula is C16H17NO3. The fraction of sp³-hybridized carbons (Fsp3) is 0.312. The SMILES string of the molecule is CC1OC(c2ccc3ccccc3c2)CNC1C(=O)O. The maximum absolute atomic E-state index is 11.0. The van der Waals surface area contributed by atoms with Gasteiger partial charge in [0, 0.05) is 6.54 Å². The van der Waals surface area contributed by atoms with Crippen LogP contribution < -0.4 is 5.32 Å². The van der Waals surface area contributed by atoms with E-state index in [9.17, 15) is 4.79 Å². The molecule has 2 N–H and O–H groups in total. The minimum Gasteiger partial charge on any atom is -0.480 e. The van der Waals surface area contributed by atoms with Crippen molar-refractivity contribution in [3.05, 3.63) is 48.0 Å². The van der Waals surface area contributed by atoms with Crippen LogP contribution in [0.1, 0.15) is 18.6 Å². The summed E-state index contributed by atoms with van der Waals surface area (Å²) in [5.41, 5.74) is 1.08. The van der Waals surface area contributed by atoms with E-state index in [0.29, 0.717) is 6.54 Å². The second-order valence-corrected chi connectivity index (χ2v) is 5.16. The molecule has 0 amide bonds. The van der Waals surface area contributed by atoms with Gasteiger partial charge in [-0.25, -0.2) is 0 Å². The van der Waals surface area contributed by atoms with E-state index in [-0.39, 0.29) is 12.2 Å². The summed E-state index contributed by atoms with van der Waals surface area (Å²) in [7, 11) is 0. The van der Waals surface area contributed by atoms with E-state index in [0.717, 1.165) is 5.56 Å². The normalized spacial score (nSPS) is 26.6. The summed E-state index contributed by atoms with van der Waals surface area (Å²) in [5.74, 6) is -0.866. The molecule has 2 aromatic carbocycles. The number of carboxylic acids is 1. The number of hydrogen-bond acceptors (Lipinski definition) is 3. The Morgan fingerprint density at radius 3 is 2.70 bits per heavy atom. The molecule has 0 saturated carbocycles. The van der Waals surface area contributed by atoms with Gasteiger partial charge in [-0.1, -0.05) is 36.4 Å². The van der Waals surface area contributed by atoms with Crippen molar-refractivity contribution in [3.63, 3.8) is 0 Å². The molecule has 0 radical (unpaired) electrons. The maximum Gasteiger partial charge on any atom is 0.323 e. The van der Waals surface area contributed by atoms with E-state index >= 15 is 0 Å². The zero-order valence-corrected chi connectivity index (χ0v) is 11.2. The van der Waals surface area contributed by atoms with Crippen molar-refractivity contribution in [1.29, 1.82) is 0 Å². The standard InChI is InChI=1S/C16H17NO3/c1-10-15(16(18)19)17-9-14(20-10)13-7-6-11-4-2-3-5-12(11)8-13/h2-8,10,14-15,17H,9H2,1H3,(H,18,19). The topological polar surface area (TPSA) is 58.6 Å². The Labute approximate surface area is 117 Å². The highest BCUT2D eigenvalue weighted by molar-refractivity contribution is 5.83.